The van der Waals surface area contributed by atoms with Gasteiger partial charge in [0.2, 0.25) is 7.59 Å². The Morgan fingerprint density at radius 2 is 0.654 bits per heavy atom. The van der Waals surface area contributed by atoms with Crippen molar-refractivity contribution in [2.24, 2.45) is 0 Å². The molecule has 0 saturated heterocycles. The Balaban J connectivity index is 3.91. The van der Waals surface area contributed by atoms with E-state index in [9.17, 15) is 0 Å². The van der Waals surface area contributed by atoms with E-state index in [4.69, 9.17) is 162 Å². The SMILES string of the molecule is ClC(=C(Cl)C(Cl)(Cl)Cl)c1c(Cl)c(Cl)c(C(Cl)=C(Cl)C(Cl)(Cl)Cl)c(Cl)c1Cl. The molecule has 146 valence electrons. The van der Waals surface area contributed by atoms with Gasteiger partial charge in [0.15, 0.2) is 0 Å². The predicted octanol–water partition coefficient (Wildman–Crippen LogP) is 11.3. The maximum Gasteiger partial charge on any atom is 0.227 e. The highest BCUT2D eigenvalue weighted by Gasteiger charge is 2.34. The normalized spacial score (nSPS) is 15.0. The van der Waals surface area contributed by atoms with Crippen molar-refractivity contribution in [2.75, 3.05) is 0 Å². The molecule has 0 aliphatic rings. The van der Waals surface area contributed by atoms with Crippen molar-refractivity contribution in [2.45, 2.75) is 7.59 Å². The van der Waals surface area contributed by atoms with Crippen LogP contribution >= 0.6 is 162 Å². The maximum atomic E-state index is 6.22. The Hall–Kier alpha value is 2.76. The summed E-state index contributed by atoms with van der Waals surface area (Å²) in [5.74, 6) is 0. The smallest absolute Gasteiger partial charge is 0.0828 e. The van der Waals surface area contributed by atoms with E-state index < -0.39 is 17.6 Å². The largest absolute Gasteiger partial charge is 0.227 e. The molecule has 1 aromatic rings. The van der Waals surface area contributed by atoms with Crippen LogP contribution in [0.3, 0.4) is 0 Å². The molecule has 0 heterocycles. The third-order valence-electron chi connectivity index (χ3n) is 2.59. The van der Waals surface area contributed by atoms with Gasteiger partial charge in [-0.3, -0.25) is 0 Å². The molecular formula is C12Cl14. The minimum Gasteiger partial charge on any atom is -0.0828 e. The van der Waals surface area contributed by atoms with Crippen LogP contribution in [0, 0.1) is 0 Å². The van der Waals surface area contributed by atoms with Crippen LogP contribution in [0.4, 0.5) is 0 Å². The molecule has 0 spiro atoms. The number of halogens is 14. The first-order chi connectivity index (χ1) is 11.5. The van der Waals surface area contributed by atoms with Crippen LogP contribution in [0.15, 0.2) is 10.1 Å². The van der Waals surface area contributed by atoms with E-state index in [0.29, 0.717) is 0 Å². The van der Waals surface area contributed by atoms with E-state index >= 15 is 0 Å². The average Bonchev–Trinajstić information content (AvgIpc) is 2.49. The number of hydrogen-bond donors (Lipinski definition) is 0. The fourth-order valence-electron chi connectivity index (χ4n) is 1.49. The summed E-state index contributed by atoms with van der Waals surface area (Å²) in [7, 11) is 0. The first-order valence-corrected chi connectivity index (χ1v) is 10.9. The van der Waals surface area contributed by atoms with Gasteiger partial charge in [0.1, 0.15) is 0 Å². The molecule has 0 aliphatic heterocycles. The fourth-order valence-corrected chi connectivity index (χ4v) is 4.62. The van der Waals surface area contributed by atoms with Crippen LogP contribution in [0.1, 0.15) is 11.1 Å². The monoisotopic (exact) mass is 634 g/mol. The summed E-state index contributed by atoms with van der Waals surface area (Å²) in [4.78, 5) is 0. The molecule has 0 bridgehead atoms. The zero-order valence-corrected chi connectivity index (χ0v) is 21.9. The van der Waals surface area contributed by atoms with Crippen molar-refractivity contribution in [1.82, 2.24) is 0 Å². The third kappa shape index (κ3) is 5.92. The Bertz CT molecular complexity index is 696. The standard InChI is InChI=1S/C12Cl14/c13-3-1(7(17)9(19)11(21,22)23)4(14)6(16)2(5(3)15)8(18)10(20)12(24,25)26. The van der Waals surface area contributed by atoms with E-state index in [1.807, 2.05) is 0 Å². The van der Waals surface area contributed by atoms with Gasteiger partial charge in [-0.25, -0.2) is 0 Å². The zero-order valence-electron chi connectivity index (χ0n) is 11.3. The summed E-state index contributed by atoms with van der Waals surface area (Å²) in [6.45, 7) is 0. The average molecular weight is 640 g/mol. The molecule has 0 unspecified atom stereocenters. The Morgan fingerprint density at radius 3 is 0.808 bits per heavy atom. The molecule has 0 radical (unpaired) electrons. The molecular weight excluding hydrogens is 640 g/mol. The molecule has 0 amide bonds. The van der Waals surface area contributed by atoms with E-state index in [-0.39, 0.29) is 41.3 Å². The van der Waals surface area contributed by atoms with E-state index in [1.165, 1.54) is 0 Å². The van der Waals surface area contributed by atoms with Crippen LogP contribution in [0.5, 0.6) is 0 Å². The first-order valence-electron chi connectivity index (χ1n) is 5.65. The summed E-state index contributed by atoms with van der Waals surface area (Å²) in [5, 5.41) is -2.22. The number of hydrogen-bond acceptors (Lipinski definition) is 0. The number of rotatable bonds is 2. The van der Waals surface area contributed by atoms with Crippen LogP contribution in [-0.2, 0) is 0 Å². The fraction of sp³-hybridized carbons (Fsp3) is 0.167. The quantitative estimate of drug-likeness (QED) is 0.223. The van der Waals surface area contributed by atoms with E-state index in [0.717, 1.165) is 0 Å². The number of allylic oxidation sites excluding steroid dienone is 2. The van der Waals surface area contributed by atoms with Gasteiger partial charge in [-0.05, 0) is 0 Å². The highest BCUT2D eigenvalue weighted by Crippen LogP contribution is 2.53. The summed E-state index contributed by atoms with van der Waals surface area (Å²) >= 11 is 83.3. The highest BCUT2D eigenvalue weighted by atomic mass is 35.6. The molecule has 1 rings (SSSR count). The second-order valence-electron chi connectivity index (χ2n) is 4.26. The van der Waals surface area contributed by atoms with Crippen molar-refractivity contribution < 1.29 is 0 Å². The second-order valence-corrected chi connectivity index (χ2v) is 11.8. The summed E-state index contributed by atoms with van der Waals surface area (Å²) < 4.78 is -4.11. The summed E-state index contributed by atoms with van der Waals surface area (Å²) in [5.41, 5.74) is -0.195. The molecule has 0 N–H and O–H groups in total. The van der Waals surface area contributed by atoms with Gasteiger partial charge in [-0.15, -0.1) is 0 Å². The van der Waals surface area contributed by atoms with Crippen molar-refractivity contribution in [1.29, 1.82) is 0 Å². The Labute approximate surface area is 218 Å². The lowest BCUT2D eigenvalue weighted by Crippen LogP contribution is -2.05. The van der Waals surface area contributed by atoms with Crippen LogP contribution in [0.25, 0.3) is 10.1 Å². The lowest BCUT2D eigenvalue weighted by molar-refractivity contribution is 1.41. The van der Waals surface area contributed by atoms with Crippen LogP contribution in [0.2, 0.25) is 20.1 Å². The van der Waals surface area contributed by atoms with E-state index in [1.54, 1.807) is 0 Å². The van der Waals surface area contributed by atoms with Crippen molar-refractivity contribution in [3.05, 3.63) is 41.3 Å². The lowest BCUT2D eigenvalue weighted by Gasteiger charge is -2.19. The van der Waals surface area contributed by atoms with Gasteiger partial charge in [-0.1, -0.05) is 162 Å². The van der Waals surface area contributed by atoms with Gasteiger partial charge >= 0.3 is 0 Å². The predicted molar refractivity (Wildman–Crippen MR) is 124 cm³/mol. The third-order valence-corrected chi connectivity index (χ3v) is 7.90. The molecule has 0 aromatic heterocycles. The summed E-state index contributed by atoms with van der Waals surface area (Å²) in [6, 6.07) is 0. The van der Waals surface area contributed by atoms with Gasteiger partial charge < -0.3 is 0 Å². The Kier molecular flexibility index (Phi) is 10.2. The first kappa shape index (κ1) is 26.8. The molecule has 0 nitrogen and oxygen atoms in total. The highest BCUT2D eigenvalue weighted by molar-refractivity contribution is 6.76. The van der Waals surface area contributed by atoms with E-state index in [2.05, 4.69) is 0 Å². The summed E-state index contributed by atoms with van der Waals surface area (Å²) in [6.07, 6.45) is 0. The minimum atomic E-state index is -2.06. The van der Waals surface area contributed by atoms with Gasteiger partial charge in [-0.2, -0.15) is 0 Å². The molecule has 1 aromatic carbocycles. The van der Waals surface area contributed by atoms with Crippen LogP contribution in [-0.4, -0.2) is 7.59 Å². The van der Waals surface area contributed by atoms with Crippen LogP contribution < -0.4 is 0 Å². The Morgan fingerprint density at radius 1 is 0.462 bits per heavy atom. The van der Waals surface area contributed by atoms with Crippen molar-refractivity contribution >= 4 is 172 Å². The minimum absolute atomic E-state index is 0.0976. The van der Waals surface area contributed by atoms with Crippen molar-refractivity contribution in [3.8, 4) is 0 Å². The number of alkyl halides is 6. The van der Waals surface area contributed by atoms with Gasteiger partial charge in [0, 0.05) is 11.1 Å². The zero-order chi connectivity index (χ0) is 20.8. The maximum absolute atomic E-state index is 6.22. The molecule has 0 fully saturated rings. The van der Waals surface area contributed by atoms with Crippen molar-refractivity contribution in [3.63, 3.8) is 0 Å². The van der Waals surface area contributed by atoms with Gasteiger partial charge in [0.25, 0.3) is 0 Å². The molecule has 14 heteroatoms. The molecule has 0 saturated carbocycles. The second kappa shape index (κ2) is 9.92. The topological polar surface area (TPSA) is 0 Å². The lowest BCUT2D eigenvalue weighted by atomic mass is 10.1. The molecule has 0 aliphatic carbocycles. The molecule has 0 atom stereocenters. The number of benzene rings is 1. The van der Waals surface area contributed by atoms with Gasteiger partial charge in [0.05, 0.1) is 40.2 Å². The molecule has 26 heavy (non-hydrogen) atoms.